The quantitative estimate of drug-likeness (QED) is 0.440. The number of amides is 3. The van der Waals surface area contributed by atoms with Gasteiger partial charge in [-0.25, -0.2) is 0 Å². The van der Waals surface area contributed by atoms with Crippen LogP contribution in [0.4, 0.5) is 11.4 Å². The summed E-state index contributed by atoms with van der Waals surface area (Å²) >= 11 is 0. The van der Waals surface area contributed by atoms with Gasteiger partial charge in [0, 0.05) is 30.4 Å². The Kier molecular flexibility index (Phi) is 6.40. The summed E-state index contributed by atoms with van der Waals surface area (Å²) in [6.07, 6.45) is 0. The molecule has 0 radical (unpaired) electrons. The Morgan fingerprint density at radius 3 is 1.57 bits per heavy atom. The highest BCUT2D eigenvalue weighted by Crippen LogP contribution is 2.33. The van der Waals surface area contributed by atoms with Crippen LogP contribution >= 0.6 is 0 Å². The average molecular weight is 417 g/mol. The Morgan fingerprint density at radius 2 is 1.20 bits per heavy atom. The number of hydrogen-bond donors (Lipinski definition) is 5. The van der Waals surface area contributed by atoms with E-state index in [4.69, 9.17) is 5.73 Å². The highest BCUT2D eigenvalue weighted by atomic mass is 16.3. The second kappa shape index (κ2) is 8.60. The van der Waals surface area contributed by atoms with Crippen LogP contribution in [0.3, 0.4) is 0 Å². The molecule has 10 nitrogen and oxygen atoms in total. The van der Waals surface area contributed by atoms with E-state index in [0.29, 0.717) is 0 Å². The van der Waals surface area contributed by atoms with Gasteiger partial charge in [-0.3, -0.25) is 19.3 Å². The molecule has 0 spiro atoms. The SMILES string of the molecule is CC(=O)N(c1ccc(O)c(O)c1)[C@@H](C)C(=O)N(c1ccc(O)c(O)c1)[C@@H](C)C(N)=O. The average Bonchev–Trinajstić information content (AvgIpc) is 2.67. The molecule has 3 amide bonds. The van der Waals surface area contributed by atoms with Crippen LogP contribution in [-0.4, -0.2) is 50.2 Å². The van der Waals surface area contributed by atoms with Crippen LogP contribution in [0, 0.1) is 0 Å². The van der Waals surface area contributed by atoms with Gasteiger partial charge in [-0.05, 0) is 38.1 Å². The van der Waals surface area contributed by atoms with Gasteiger partial charge >= 0.3 is 0 Å². The van der Waals surface area contributed by atoms with E-state index in [9.17, 15) is 34.8 Å². The summed E-state index contributed by atoms with van der Waals surface area (Å²) in [6.45, 7) is 4.00. The molecular formula is C20H23N3O7. The summed E-state index contributed by atoms with van der Waals surface area (Å²) in [5.41, 5.74) is 5.59. The Balaban J connectivity index is 2.52. The molecule has 10 heteroatoms. The molecule has 0 saturated carbocycles. The zero-order valence-corrected chi connectivity index (χ0v) is 16.6. The molecule has 2 aromatic carbocycles. The fourth-order valence-corrected chi connectivity index (χ4v) is 2.98. The van der Waals surface area contributed by atoms with Crippen molar-refractivity contribution >= 4 is 29.1 Å². The Bertz CT molecular complexity index is 992. The lowest BCUT2D eigenvalue weighted by Crippen LogP contribution is -2.54. The van der Waals surface area contributed by atoms with Crippen molar-refractivity contribution in [3.8, 4) is 23.0 Å². The molecule has 0 fully saturated rings. The molecule has 2 atom stereocenters. The molecule has 30 heavy (non-hydrogen) atoms. The minimum Gasteiger partial charge on any atom is -0.504 e. The summed E-state index contributed by atoms with van der Waals surface area (Å²) in [7, 11) is 0. The maximum atomic E-state index is 13.3. The second-order valence-electron chi connectivity index (χ2n) is 6.70. The lowest BCUT2D eigenvalue weighted by molar-refractivity contribution is -0.126. The van der Waals surface area contributed by atoms with Crippen molar-refractivity contribution in [3.05, 3.63) is 36.4 Å². The maximum Gasteiger partial charge on any atom is 0.250 e. The van der Waals surface area contributed by atoms with Gasteiger partial charge in [0.15, 0.2) is 23.0 Å². The van der Waals surface area contributed by atoms with Gasteiger partial charge in [0.05, 0.1) is 0 Å². The van der Waals surface area contributed by atoms with Crippen LogP contribution < -0.4 is 15.5 Å². The highest BCUT2D eigenvalue weighted by molar-refractivity contribution is 6.08. The monoisotopic (exact) mass is 417 g/mol. The van der Waals surface area contributed by atoms with Crippen molar-refractivity contribution in [2.45, 2.75) is 32.9 Å². The molecule has 2 rings (SSSR count). The van der Waals surface area contributed by atoms with E-state index in [1.807, 2.05) is 0 Å². The first kappa shape index (κ1) is 22.3. The van der Waals surface area contributed by atoms with Gasteiger partial charge in [0.1, 0.15) is 12.1 Å². The first-order valence-corrected chi connectivity index (χ1v) is 8.91. The van der Waals surface area contributed by atoms with Crippen LogP contribution in [0.25, 0.3) is 0 Å². The number of nitrogens with zero attached hydrogens (tertiary/aromatic N) is 2. The molecule has 0 aliphatic rings. The Hall–Kier alpha value is -3.95. The number of nitrogens with two attached hydrogens (primary N) is 1. The van der Waals surface area contributed by atoms with E-state index in [-0.39, 0.29) is 11.4 Å². The van der Waals surface area contributed by atoms with Crippen LogP contribution in [0.15, 0.2) is 36.4 Å². The number of hydrogen-bond acceptors (Lipinski definition) is 7. The molecule has 0 aromatic heterocycles. The Morgan fingerprint density at radius 1 is 0.767 bits per heavy atom. The van der Waals surface area contributed by atoms with Crippen molar-refractivity contribution in [1.82, 2.24) is 0 Å². The number of carbonyl (C=O) groups excluding carboxylic acids is 3. The fourth-order valence-electron chi connectivity index (χ4n) is 2.98. The van der Waals surface area contributed by atoms with Gasteiger partial charge in [0.2, 0.25) is 11.8 Å². The molecule has 0 aliphatic heterocycles. The van der Waals surface area contributed by atoms with Crippen molar-refractivity contribution in [2.75, 3.05) is 9.80 Å². The van der Waals surface area contributed by atoms with Gasteiger partial charge < -0.3 is 31.1 Å². The van der Waals surface area contributed by atoms with Gasteiger partial charge in [-0.15, -0.1) is 0 Å². The number of primary amides is 1. The smallest absolute Gasteiger partial charge is 0.250 e. The number of rotatable bonds is 6. The topological polar surface area (TPSA) is 165 Å². The largest absolute Gasteiger partial charge is 0.504 e. The van der Waals surface area contributed by atoms with E-state index in [1.165, 1.54) is 39.0 Å². The van der Waals surface area contributed by atoms with Crippen molar-refractivity contribution in [1.29, 1.82) is 0 Å². The highest BCUT2D eigenvalue weighted by Gasteiger charge is 2.34. The second-order valence-corrected chi connectivity index (χ2v) is 6.70. The van der Waals surface area contributed by atoms with Crippen LogP contribution in [-0.2, 0) is 14.4 Å². The van der Waals surface area contributed by atoms with Crippen LogP contribution in [0.1, 0.15) is 20.8 Å². The summed E-state index contributed by atoms with van der Waals surface area (Å²) in [4.78, 5) is 39.5. The molecule has 6 N–H and O–H groups in total. The third-order valence-corrected chi connectivity index (χ3v) is 4.59. The lowest BCUT2D eigenvalue weighted by atomic mass is 10.1. The maximum absolute atomic E-state index is 13.3. The van der Waals surface area contributed by atoms with Crippen molar-refractivity contribution in [3.63, 3.8) is 0 Å². The number of phenols is 4. The number of benzene rings is 2. The number of anilines is 2. The lowest BCUT2D eigenvalue weighted by Gasteiger charge is -2.34. The Labute approximate surface area is 172 Å². The zero-order valence-electron chi connectivity index (χ0n) is 16.6. The first-order valence-electron chi connectivity index (χ1n) is 8.91. The molecule has 0 aliphatic carbocycles. The molecule has 160 valence electrons. The number of phenolic OH excluding ortho intramolecular Hbond substituents is 4. The third-order valence-electron chi connectivity index (χ3n) is 4.59. The predicted octanol–water partition coefficient (Wildman–Crippen LogP) is 1.16. The van der Waals surface area contributed by atoms with Crippen molar-refractivity contribution < 1.29 is 34.8 Å². The van der Waals surface area contributed by atoms with Gasteiger partial charge in [0.25, 0.3) is 5.91 Å². The van der Waals surface area contributed by atoms with E-state index >= 15 is 0 Å². The van der Waals surface area contributed by atoms with Gasteiger partial charge in [-0.2, -0.15) is 0 Å². The normalized spacial score (nSPS) is 12.6. The fraction of sp³-hybridized carbons (Fsp3) is 0.250. The number of carbonyl (C=O) groups is 3. The first-order chi connectivity index (χ1) is 14.0. The minimum absolute atomic E-state index is 0.0745. The molecular weight excluding hydrogens is 394 g/mol. The molecule has 2 aromatic rings. The molecule has 0 saturated heterocycles. The standard InChI is InChI=1S/C20H23N3O7/c1-10(19(21)29)23(14-5-7-16(26)18(28)9-14)20(30)11(2)22(12(3)24)13-4-6-15(25)17(27)8-13/h4-11,25-28H,1-3H3,(H2,21,29)/t10-,11-/m0/s1. The molecule has 0 unspecified atom stereocenters. The summed E-state index contributed by atoms with van der Waals surface area (Å²) in [6, 6.07) is 4.86. The van der Waals surface area contributed by atoms with E-state index in [1.54, 1.807) is 0 Å². The molecule has 0 heterocycles. The van der Waals surface area contributed by atoms with E-state index in [2.05, 4.69) is 0 Å². The van der Waals surface area contributed by atoms with Gasteiger partial charge in [-0.1, -0.05) is 0 Å². The minimum atomic E-state index is -1.16. The van der Waals surface area contributed by atoms with Crippen LogP contribution in [0.2, 0.25) is 0 Å². The summed E-state index contributed by atoms with van der Waals surface area (Å²) < 4.78 is 0. The van der Waals surface area contributed by atoms with E-state index < -0.39 is 52.8 Å². The summed E-state index contributed by atoms with van der Waals surface area (Å²) in [5, 5.41) is 38.6. The predicted molar refractivity (Wildman–Crippen MR) is 108 cm³/mol. The van der Waals surface area contributed by atoms with E-state index in [0.717, 1.165) is 28.0 Å². The zero-order chi connectivity index (χ0) is 22.7. The van der Waals surface area contributed by atoms with Crippen LogP contribution in [0.5, 0.6) is 23.0 Å². The third kappa shape index (κ3) is 4.37. The van der Waals surface area contributed by atoms with Crippen molar-refractivity contribution in [2.24, 2.45) is 5.73 Å². The summed E-state index contributed by atoms with van der Waals surface area (Å²) in [5.74, 6) is -3.90. The molecule has 0 bridgehead atoms. The number of aromatic hydroxyl groups is 4.